The maximum Gasteiger partial charge on any atom is 0.173 e. The standard InChI is InChI=1S/C11H21N3O2S/c1-13-5-7-14(8-6-13)4-3-12-11-2-9-17(15,16)10-11/h2,9,11-12H,3-8,10H2,1H3. The van der Waals surface area contributed by atoms with Gasteiger partial charge in [-0.2, -0.15) is 0 Å². The number of nitrogens with one attached hydrogen (secondary N) is 1. The summed E-state index contributed by atoms with van der Waals surface area (Å²) in [4.78, 5) is 4.75. The van der Waals surface area contributed by atoms with Crippen molar-refractivity contribution in [2.24, 2.45) is 0 Å². The van der Waals surface area contributed by atoms with Gasteiger partial charge in [-0.05, 0) is 7.05 Å². The van der Waals surface area contributed by atoms with E-state index >= 15 is 0 Å². The normalized spacial score (nSPS) is 29.8. The van der Waals surface area contributed by atoms with Gasteiger partial charge in [0, 0.05) is 50.7 Å². The van der Waals surface area contributed by atoms with E-state index in [1.807, 2.05) is 0 Å². The van der Waals surface area contributed by atoms with Crippen LogP contribution in [0.25, 0.3) is 0 Å². The number of piperazine rings is 1. The molecule has 0 radical (unpaired) electrons. The molecule has 2 heterocycles. The molecule has 17 heavy (non-hydrogen) atoms. The number of nitrogens with zero attached hydrogens (tertiary/aromatic N) is 2. The van der Waals surface area contributed by atoms with Crippen molar-refractivity contribution in [3.05, 3.63) is 11.5 Å². The highest BCUT2D eigenvalue weighted by atomic mass is 32.2. The zero-order chi connectivity index (χ0) is 12.3. The smallest absolute Gasteiger partial charge is 0.173 e. The summed E-state index contributed by atoms with van der Waals surface area (Å²) < 4.78 is 22.4. The topological polar surface area (TPSA) is 52.6 Å². The van der Waals surface area contributed by atoms with E-state index in [0.717, 1.165) is 39.3 Å². The van der Waals surface area contributed by atoms with Gasteiger partial charge >= 0.3 is 0 Å². The van der Waals surface area contributed by atoms with Crippen molar-refractivity contribution in [1.29, 1.82) is 0 Å². The Morgan fingerprint density at radius 2 is 2.00 bits per heavy atom. The number of hydrogen-bond acceptors (Lipinski definition) is 5. The third kappa shape index (κ3) is 4.06. The van der Waals surface area contributed by atoms with E-state index in [0.29, 0.717) is 0 Å². The molecule has 1 unspecified atom stereocenters. The van der Waals surface area contributed by atoms with E-state index < -0.39 is 9.84 Å². The van der Waals surface area contributed by atoms with Crippen molar-refractivity contribution in [3.63, 3.8) is 0 Å². The molecule has 2 aliphatic heterocycles. The Morgan fingerprint density at radius 3 is 2.59 bits per heavy atom. The average Bonchev–Trinajstić information content (AvgIpc) is 2.61. The van der Waals surface area contributed by atoms with E-state index in [1.165, 1.54) is 5.41 Å². The first-order valence-electron chi connectivity index (χ1n) is 6.10. The van der Waals surface area contributed by atoms with Crippen molar-refractivity contribution >= 4 is 9.84 Å². The molecule has 6 heteroatoms. The lowest BCUT2D eigenvalue weighted by atomic mass is 10.3. The second kappa shape index (κ2) is 5.48. The second-order valence-electron chi connectivity index (χ2n) is 4.86. The number of likely N-dealkylation sites (N-methyl/N-ethyl adjacent to an activating group) is 1. The molecule has 1 N–H and O–H groups in total. The molecule has 98 valence electrons. The summed E-state index contributed by atoms with van der Waals surface area (Å²) in [5.74, 6) is 0.218. The second-order valence-corrected chi connectivity index (χ2v) is 6.79. The molecular formula is C11H21N3O2S. The molecule has 0 aliphatic carbocycles. The third-order valence-corrected chi connectivity index (χ3v) is 4.76. The molecule has 1 atom stereocenters. The minimum absolute atomic E-state index is 0.00691. The Labute approximate surface area is 103 Å². The van der Waals surface area contributed by atoms with Gasteiger partial charge in [-0.3, -0.25) is 4.90 Å². The Morgan fingerprint density at radius 1 is 1.29 bits per heavy atom. The fourth-order valence-electron chi connectivity index (χ4n) is 2.18. The molecule has 0 amide bonds. The van der Waals surface area contributed by atoms with Crippen LogP contribution in [0.4, 0.5) is 0 Å². The van der Waals surface area contributed by atoms with Gasteiger partial charge < -0.3 is 10.2 Å². The number of sulfone groups is 1. The summed E-state index contributed by atoms with van der Waals surface area (Å²) in [6, 6.07) is 0.00691. The summed E-state index contributed by atoms with van der Waals surface area (Å²) in [5.41, 5.74) is 0. The molecular weight excluding hydrogens is 238 g/mol. The number of rotatable bonds is 4. The molecule has 0 aromatic heterocycles. The van der Waals surface area contributed by atoms with Crippen molar-refractivity contribution in [2.45, 2.75) is 6.04 Å². The van der Waals surface area contributed by atoms with Gasteiger partial charge in [-0.1, -0.05) is 6.08 Å². The highest BCUT2D eigenvalue weighted by molar-refractivity contribution is 7.94. The van der Waals surface area contributed by atoms with E-state index in [9.17, 15) is 8.42 Å². The maximum absolute atomic E-state index is 11.2. The maximum atomic E-state index is 11.2. The van der Waals surface area contributed by atoms with Crippen molar-refractivity contribution in [3.8, 4) is 0 Å². The van der Waals surface area contributed by atoms with Gasteiger partial charge in [0.25, 0.3) is 0 Å². The Bertz CT molecular complexity index is 372. The summed E-state index contributed by atoms with van der Waals surface area (Å²) in [6.45, 7) is 6.32. The van der Waals surface area contributed by atoms with Crippen LogP contribution in [0.3, 0.4) is 0 Å². The first-order chi connectivity index (χ1) is 8.05. The third-order valence-electron chi connectivity index (χ3n) is 3.36. The molecule has 0 aromatic carbocycles. The van der Waals surface area contributed by atoms with E-state index in [4.69, 9.17) is 0 Å². The van der Waals surface area contributed by atoms with Crippen LogP contribution in [0.15, 0.2) is 11.5 Å². The first-order valence-corrected chi connectivity index (χ1v) is 7.82. The van der Waals surface area contributed by atoms with Crippen LogP contribution in [0, 0.1) is 0 Å². The van der Waals surface area contributed by atoms with Crippen LogP contribution in [-0.2, 0) is 9.84 Å². The predicted octanol–water partition coefficient (Wildman–Crippen LogP) is -0.866. The minimum atomic E-state index is -2.92. The number of hydrogen-bond donors (Lipinski definition) is 1. The summed E-state index contributed by atoms with van der Waals surface area (Å²) in [7, 11) is -0.779. The first kappa shape index (κ1) is 13.0. The van der Waals surface area contributed by atoms with Crippen LogP contribution < -0.4 is 5.32 Å². The molecule has 5 nitrogen and oxygen atoms in total. The fourth-order valence-corrected chi connectivity index (χ4v) is 3.45. The van der Waals surface area contributed by atoms with E-state index in [2.05, 4.69) is 22.2 Å². The molecule has 2 aliphatic rings. The van der Waals surface area contributed by atoms with Gasteiger partial charge in [-0.15, -0.1) is 0 Å². The van der Waals surface area contributed by atoms with E-state index in [1.54, 1.807) is 6.08 Å². The van der Waals surface area contributed by atoms with Crippen molar-refractivity contribution in [1.82, 2.24) is 15.1 Å². The van der Waals surface area contributed by atoms with Gasteiger partial charge in [0.15, 0.2) is 9.84 Å². The predicted molar refractivity (Wildman–Crippen MR) is 68.7 cm³/mol. The van der Waals surface area contributed by atoms with Crippen LogP contribution >= 0.6 is 0 Å². The minimum Gasteiger partial charge on any atom is -0.308 e. The molecule has 0 aromatic rings. The lowest BCUT2D eigenvalue weighted by molar-refractivity contribution is 0.154. The molecule has 0 bridgehead atoms. The van der Waals surface area contributed by atoms with E-state index in [-0.39, 0.29) is 11.8 Å². The fraction of sp³-hybridized carbons (Fsp3) is 0.818. The Kier molecular flexibility index (Phi) is 4.19. The monoisotopic (exact) mass is 259 g/mol. The molecule has 1 saturated heterocycles. The molecule has 1 fully saturated rings. The highest BCUT2D eigenvalue weighted by Gasteiger charge is 2.21. The summed E-state index contributed by atoms with van der Waals surface area (Å²) in [5, 5.41) is 4.59. The van der Waals surface area contributed by atoms with Gasteiger partial charge in [0.05, 0.1) is 5.75 Å². The Balaban J connectivity index is 1.62. The average molecular weight is 259 g/mol. The van der Waals surface area contributed by atoms with Crippen LogP contribution in [-0.4, -0.2) is 76.3 Å². The quantitative estimate of drug-likeness (QED) is 0.711. The van der Waals surface area contributed by atoms with Crippen LogP contribution in [0.2, 0.25) is 0 Å². The van der Waals surface area contributed by atoms with Crippen LogP contribution in [0.5, 0.6) is 0 Å². The van der Waals surface area contributed by atoms with Crippen molar-refractivity contribution < 1.29 is 8.42 Å². The highest BCUT2D eigenvalue weighted by Crippen LogP contribution is 2.07. The largest absolute Gasteiger partial charge is 0.308 e. The van der Waals surface area contributed by atoms with Gasteiger partial charge in [0.1, 0.15) is 0 Å². The van der Waals surface area contributed by atoms with Gasteiger partial charge in [0.2, 0.25) is 0 Å². The lowest BCUT2D eigenvalue weighted by Gasteiger charge is -2.32. The summed E-state index contributed by atoms with van der Waals surface area (Å²) in [6.07, 6.45) is 1.75. The molecule has 0 saturated carbocycles. The van der Waals surface area contributed by atoms with Crippen molar-refractivity contribution in [2.75, 3.05) is 52.1 Å². The summed E-state index contributed by atoms with van der Waals surface area (Å²) >= 11 is 0. The van der Waals surface area contributed by atoms with Gasteiger partial charge in [-0.25, -0.2) is 8.42 Å². The zero-order valence-corrected chi connectivity index (χ0v) is 11.1. The zero-order valence-electron chi connectivity index (χ0n) is 10.3. The Hall–Kier alpha value is -0.430. The molecule has 0 spiro atoms. The van der Waals surface area contributed by atoms with Crippen LogP contribution in [0.1, 0.15) is 0 Å². The molecule has 2 rings (SSSR count). The SMILES string of the molecule is CN1CCN(CCNC2C=CS(=O)(=O)C2)CC1. The lowest BCUT2D eigenvalue weighted by Crippen LogP contribution is -2.47.